The van der Waals surface area contributed by atoms with Gasteiger partial charge in [0.25, 0.3) is 0 Å². The van der Waals surface area contributed by atoms with Gasteiger partial charge in [-0.05, 0) is 39.7 Å². The predicted octanol–water partition coefficient (Wildman–Crippen LogP) is 3.61. The molecule has 120 valence electrons. The highest BCUT2D eigenvalue weighted by molar-refractivity contribution is 5.21. The van der Waals surface area contributed by atoms with Gasteiger partial charge in [0.2, 0.25) is 0 Å². The molecule has 1 N–H and O–H groups in total. The fourth-order valence-corrected chi connectivity index (χ4v) is 2.23. The molecule has 3 nitrogen and oxygen atoms in total. The molecule has 1 aliphatic rings. The van der Waals surface area contributed by atoms with Gasteiger partial charge in [-0.1, -0.05) is 0 Å². The molecule has 0 spiro atoms. The average molecular weight is 304 g/mol. The standard InChI is InChI=1S/C15H23F3N2O/c1-10(2)20(9-15(16,17)18)8-12-6-14(21-11(12)3)7-19-13-4-5-13/h6,10,13,19H,4-5,7-9H2,1-3H3. The largest absolute Gasteiger partial charge is 0.465 e. The summed E-state index contributed by atoms with van der Waals surface area (Å²) in [6.45, 7) is 5.36. The third-order valence-electron chi connectivity index (χ3n) is 3.70. The maximum atomic E-state index is 12.6. The quantitative estimate of drug-likeness (QED) is 0.834. The van der Waals surface area contributed by atoms with Crippen LogP contribution in [0.3, 0.4) is 0 Å². The van der Waals surface area contributed by atoms with Gasteiger partial charge in [0, 0.05) is 24.2 Å². The molecule has 1 aromatic rings. The van der Waals surface area contributed by atoms with Crippen molar-refractivity contribution in [1.82, 2.24) is 10.2 Å². The summed E-state index contributed by atoms with van der Waals surface area (Å²) in [7, 11) is 0. The Hall–Kier alpha value is -1.01. The molecule has 21 heavy (non-hydrogen) atoms. The van der Waals surface area contributed by atoms with Crippen molar-refractivity contribution in [2.75, 3.05) is 6.54 Å². The first-order valence-electron chi connectivity index (χ1n) is 7.37. The second-order valence-electron chi connectivity index (χ2n) is 6.06. The fraction of sp³-hybridized carbons (Fsp3) is 0.733. The summed E-state index contributed by atoms with van der Waals surface area (Å²) in [5, 5.41) is 3.34. The number of aryl methyl sites for hydroxylation is 1. The molecular formula is C15H23F3N2O. The van der Waals surface area contributed by atoms with E-state index in [0.717, 1.165) is 11.3 Å². The molecule has 2 rings (SSSR count). The second kappa shape index (κ2) is 6.40. The van der Waals surface area contributed by atoms with Crippen LogP contribution in [0.1, 0.15) is 43.8 Å². The number of rotatable bonds is 7. The highest BCUT2D eigenvalue weighted by Gasteiger charge is 2.32. The van der Waals surface area contributed by atoms with Crippen molar-refractivity contribution >= 4 is 0 Å². The molecule has 1 saturated carbocycles. The molecule has 1 fully saturated rings. The van der Waals surface area contributed by atoms with Crippen LogP contribution in [-0.4, -0.2) is 29.7 Å². The Balaban J connectivity index is 1.98. The van der Waals surface area contributed by atoms with Gasteiger partial charge in [0.05, 0.1) is 13.1 Å². The molecule has 1 aromatic heterocycles. The van der Waals surface area contributed by atoms with Crippen LogP contribution in [0, 0.1) is 6.92 Å². The minimum absolute atomic E-state index is 0.172. The topological polar surface area (TPSA) is 28.4 Å². The third kappa shape index (κ3) is 5.36. The third-order valence-corrected chi connectivity index (χ3v) is 3.70. The first-order valence-corrected chi connectivity index (χ1v) is 7.37. The molecule has 1 heterocycles. The summed E-state index contributed by atoms with van der Waals surface area (Å²) in [4.78, 5) is 1.41. The molecule has 0 saturated heterocycles. The molecule has 1 aliphatic carbocycles. The molecule has 0 radical (unpaired) electrons. The van der Waals surface area contributed by atoms with E-state index in [4.69, 9.17) is 4.42 Å². The Labute approximate surface area is 123 Å². The number of nitrogens with one attached hydrogen (secondary N) is 1. The molecule has 0 atom stereocenters. The van der Waals surface area contributed by atoms with Crippen molar-refractivity contribution in [2.24, 2.45) is 0 Å². The lowest BCUT2D eigenvalue weighted by Crippen LogP contribution is -2.38. The van der Waals surface area contributed by atoms with E-state index in [9.17, 15) is 13.2 Å². The van der Waals surface area contributed by atoms with Gasteiger partial charge in [0.1, 0.15) is 11.5 Å². The van der Waals surface area contributed by atoms with Crippen LogP contribution in [0.15, 0.2) is 10.5 Å². The zero-order valence-electron chi connectivity index (χ0n) is 12.8. The lowest BCUT2D eigenvalue weighted by molar-refractivity contribution is -0.150. The Kier molecular flexibility index (Phi) is 4.99. The van der Waals surface area contributed by atoms with Gasteiger partial charge in [0.15, 0.2) is 0 Å². The minimum atomic E-state index is -4.18. The average Bonchev–Trinajstić information content (AvgIpc) is 3.10. The van der Waals surface area contributed by atoms with Crippen molar-refractivity contribution in [1.29, 1.82) is 0 Å². The van der Waals surface area contributed by atoms with E-state index in [2.05, 4.69) is 5.32 Å². The molecule has 0 amide bonds. The highest BCUT2D eigenvalue weighted by atomic mass is 19.4. The minimum Gasteiger partial charge on any atom is -0.465 e. The molecule has 6 heteroatoms. The Morgan fingerprint density at radius 3 is 2.57 bits per heavy atom. The van der Waals surface area contributed by atoms with Crippen LogP contribution in [0.5, 0.6) is 0 Å². The number of hydrogen-bond donors (Lipinski definition) is 1. The zero-order valence-corrected chi connectivity index (χ0v) is 12.8. The summed E-state index contributed by atoms with van der Waals surface area (Å²) >= 11 is 0. The SMILES string of the molecule is Cc1oc(CNC2CC2)cc1CN(CC(F)(F)F)C(C)C. The lowest BCUT2D eigenvalue weighted by atomic mass is 10.2. The monoisotopic (exact) mass is 304 g/mol. The van der Waals surface area contributed by atoms with Crippen molar-refractivity contribution in [3.63, 3.8) is 0 Å². The maximum Gasteiger partial charge on any atom is 0.401 e. The first kappa shape index (κ1) is 16.4. The smallest absolute Gasteiger partial charge is 0.401 e. The van der Waals surface area contributed by atoms with Crippen molar-refractivity contribution in [3.8, 4) is 0 Å². The second-order valence-corrected chi connectivity index (χ2v) is 6.06. The Bertz CT molecular complexity index is 464. The molecule has 0 bridgehead atoms. The Morgan fingerprint density at radius 1 is 1.38 bits per heavy atom. The van der Waals surface area contributed by atoms with E-state index >= 15 is 0 Å². The van der Waals surface area contributed by atoms with Crippen LogP contribution in [0.4, 0.5) is 13.2 Å². The Morgan fingerprint density at radius 2 is 2.05 bits per heavy atom. The van der Waals surface area contributed by atoms with Crippen molar-refractivity contribution < 1.29 is 17.6 Å². The predicted molar refractivity (Wildman–Crippen MR) is 74.9 cm³/mol. The van der Waals surface area contributed by atoms with Gasteiger partial charge >= 0.3 is 6.18 Å². The van der Waals surface area contributed by atoms with Crippen molar-refractivity contribution in [3.05, 3.63) is 23.2 Å². The van der Waals surface area contributed by atoms with Gasteiger partial charge in [-0.3, -0.25) is 4.90 Å². The van der Waals surface area contributed by atoms with Crippen LogP contribution < -0.4 is 5.32 Å². The number of hydrogen-bond acceptors (Lipinski definition) is 3. The molecule has 0 aliphatic heterocycles. The van der Waals surface area contributed by atoms with Gasteiger partial charge < -0.3 is 9.73 Å². The molecule has 0 aromatic carbocycles. The van der Waals surface area contributed by atoms with E-state index in [1.807, 2.05) is 13.0 Å². The van der Waals surface area contributed by atoms with E-state index < -0.39 is 12.7 Å². The summed E-state index contributed by atoms with van der Waals surface area (Å²) in [6, 6.07) is 2.28. The van der Waals surface area contributed by atoms with Gasteiger partial charge in [-0.25, -0.2) is 0 Å². The van der Waals surface area contributed by atoms with Crippen LogP contribution >= 0.6 is 0 Å². The summed E-state index contributed by atoms with van der Waals surface area (Å²) < 4.78 is 43.5. The zero-order chi connectivity index (χ0) is 15.6. The number of alkyl halides is 3. The number of nitrogens with zero attached hydrogens (tertiary/aromatic N) is 1. The van der Waals surface area contributed by atoms with Crippen LogP contribution in [0.2, 0.25) is 0 Å². The summed E-state index contributed by atoms with van der Waals surface area (Å²) in [5.74, 6) is 1.50. The van der Waals surface area contributed by atoms with Crippen LogP contribution in [-0.2, 0) is 13.1 Å². The van der Waals surface area contributed by atoms with E-state index in [-0.39, 0.29) is 12.6 Å². The lowest BCUT2D eigenvalue weighted by Gasteiger charge is -2.27. The van der Waals surface area contributed by atoms with E-state index in [1.54, 1.807) is 13.8 Å². The summed E-state index contributed by atoms with van der Waals surface area (Å²) in [5.41, 5.74) is 0.834. The van der Waals surface area contributed by atoms with E-state index in [0.29, 0.717) is 18.3 Å². The molecule has 0 unspecified atom stereocenters. The van der Waals surface area contributed by atoms with Gasteiger partial charge in [-0.2, -0.15) is 13.2 Å². The van der Waals surface area contributed by atoms with Crippen LogP contribution in [0.25, 0.3) is 0 Å². The fourth-order valence-electron chi connectivity index (χ4n) is 2.23. The first-order chi connectivity index (χ1) is 9.74. The van der Waals surface area contributed by atoms with Gasteiger partial charge in [-0.15, -0.1) is 0 Å². The van der Waals surface area contributed by atoms with Crippen molar-refractivity contribution in [2.45, 2.75) is 65.0 Å². The number of furan rings is 1. The van der Waals surface area contributed by atoms with E-state index in [1.165, 1.54) is 17.7 Å². The highest BCUT2D eigenvalue weighted by Crippen LogP contribution is 2.24. The molecular weight excluding hydrogens is 281 g/mol. The normalized spacial score (nSPS) is 16.2. The number of halogens is 3. The maximum absolute atomic E-state index is 12.6. The summed E-state index contributed by atoms with van der Waals surface area (Å²) in [6.07, 6.45) is -1.79.